The van der Waals surface area contributed by atoms with Crippen molar-refractivity contribution in [3.63, 3.8) is 0 Å². The number of hydrogen-bond donors (Lipinski definition) is 1. The van der Waals surface area contributed by atoms with Crippen LogP contribution in [0.5, 0.6) is 11.5 Å². The number of aryl methyl sites for hydroxylation is 1. The molecule has 1 N–H and O–H groups in total. The highest BCUT2D eigenvalue weighted by Gasteiger charge is 2.13. The Morgan fingerprint density at radius 2 is 1.94 bits per heavy atom. The highest BCUT2D eigenvalue weighted by Crippen LogP contribution is 2.35. The Bertz CT molecular complexity index is 1300. The molecule has 0 saturated carbocycles. The summed E-state index contributed by atoms with van der Waals surface area (Å²) in [5.41, 5.74) is 4.36. The van der Waals surface area contributed by atoms with Crippen LogP contribution in [0, 0.1) is 18.3 Å². The van der Waals surface area contributed by atoms with Gasteiger partial charge in [0.15, 0.2) is 0 Å². The first kappa shape index (κ1) is 21.4. The molecule has 0 unspecified atom stereocenters. The van der Waals surface area contributed by atoms with Gasteiger partial charge in [0.1, 0.15) is 24.2 Å². The van der Waals surface area contributed by atoms with E-state index in [9.17, 15) is 5.26 Å². The van der Waals surface area contributed by atoms with E-state index in [-0.39, 0.29) is 0 Å². The van der Waals surface area contributed by atoms with Gasteiger partial charge < -0.3 is 14.8 Å². The maximum Gasteiger partial charge on any atom is 0.138 e. The summed E-state index contributed by atoms with van der Waals surface area (Å²) in [5.74, 6) is 1.33. The van der Waals surface area contributed by atoms with Crippen molar-refractivity contribution < 1.29 is 9.47 Å². The predicted molar refractivity (Wildman–Crippen MR) is 126 cm³/mol. The molecule has 0 amide bonds. The Hall–Kier alpha value is -3.82. The van der Waals surface area contributed by atoms with Crippen molar-refractivity contribution in [2.75, 3.05) is 11.9 Å². The largest absolute Gasteiger partial charge is 0.494 e. The van der Waals surface area contributed by atoms with Gasteiger partial charge in [0.2, 0.25) is 0 Å². The number of nitriles is 1. The average molecular weight is 445 g/mol. The van der Waals surface area contributed by atoms with Crippen molar-refractivity contribution >= 4 is 33.9 Å². The van der Waals surface area contributed by atoms with Crippen LogP contribution in [-0.4, -0.2) is 16.6 Å². The summed E-state index contributed by atoms with van der Waals surface area (Å²) in [6.45, 7) is 4.80. The molecule has 2 aromatic carbocycles. The number of fused-ring (bicyclic) bond motifs is 1. The van der Waals surface area contributed by atoms with Crippen LogP contribution in [0.1, 0.15) is 23.7 Å². The Labute approximate surface area is 191 Å². The number of halogens is 1. The van der Waals surface area contributed by atoms with Crippen LogP contribution in [0.3, 0.4) is 0 Å². The second-order valence-corrected chi connectivity index (χ2v) is 7.51. The maximum absolute atomic E-state index is 9.63. The zero-order chi connectivity index (χ0) is 22.5. The van der Waals surface area contributed by atoms with Crippen molar-refractivity contribution in [1.82, 2.24) is 9.97 Å². The summed E-state index contributed by atoms with van der Waals surface area (Å²) in [7, 11) is 0. The predicted octanol–water partition coefficient (Wildman–Crippen LogP) is 6.18. The minimum Gasteiger partial charge on any atom is -0.494 e. The van der Waals surface area contributed by atoms with E-state index in [1.165, 1.54) is 0 Å². The molecule has 32 heavy (non-hydrogen) atoms. The molecule has 2 heterocycles. The standard InChI is InChI=1S/C25H21ClN4O2/c1-3-31-24-12-22-20(10-16(24)2)25(17(13-27)14-29-22)30-18-7-8-23(21(26)11-18)32-15-19-6-4-5-9-28-19/h4-12,14H,3,15H2,1-2H3,(H,29,30). The second-order valence-electron chi connectivity index (χ2n) is 7.11. The molecule has 0 aliphatic rings. The van der Waals surface area contributed by atoms with E-state index < -0.39 is 0 Å². The van der Waals surface area contributed by atoms with Gasteiger partial charge >= 0.3 is 0 Å². The van der Waals surface area contributed by atoms with E-state index in [0.29, 0.717) is 35.2 Å². The van der Waals surface area contributed by atoms with Crippen LogP contribution in [0.2, 0.25) is 5.02 Å². The second kappa shape index (κ2) is 9.54. The van der Waals surface area contributed by atoms with Crippen LogP contribution in [-0.2, 0) is 6.61 Å². The number of rotatable bonds is 7. The van der Waals surface area contributed by atoms with Crippen LogP contribution >= 0.6 is 11.6 Å². The van der Waals surface area contributed by atoms with E-state index in [1.54, 1.807) is 24.5 Å². The van der Waals surface area contributed by atoms with Crippen molar-refractivity contribution in [3.05, 3.63) is 82.8 Å². The van der Waals surface area contributed by atoms with Crippen LogP contribution < -0.4 is 14.8 Å². The molecule has 160 valence electrons. The molecule has 0 saturated heterocycles. The van der Waals surface area contributed by atoms with E-state index in [1.807, 2.05) is 50.2 Å². The lowest BCUT2D eigenvalue weighted by atomic mass is 10.1. The van der Waals surface area contributed by atoms with E-state index in [4.69, 9.17) is 21.1 Å². The quantitative estimate of drug-likeness (QED) is 0.366. The van der Waals surface area contributed by atoms with Gasteiger partial charge in [-0.2, -0.15) is 5.26 Å². The zero-order valence-corrected chi connectivity index (χ0v) is 18.5. The molecule has 0 fully saturated rings. The summed E-state index contributed by atoms with van der Waals surface area (Å²) in [5, 5.41) is 14.3. The molecule has 0 aliphatic carbocycles. The fourth-order valence-corrected chi connectivity index (χ4v) is 3.57. The number of benzene rings is 2. The summed E-state index contributed by atoms with van der Waals surface area (Å²) < 4.78 is 11.5. The lowest BCUT2D eigenvalue weighted by molar-refractivity contribution is 0.301. The Morgan fingerprint density at radius 3 is 2.66 bits per heavy atom. The normalized spacial score (nSPS) is 10.6. The highest BCUT2D eigenvalue weighted by molar-refractivity contribution is 6.32. The van der Waals surface area contributed by atoms with Gasteiger partial charge in [-0.25, -0.2) is 0 Å². The van der Waals surface area contributed by atoms with Crippen LogP contribution in [0.15, 0.2) is 60.9 Å². The van der Waals surface area contributed by atoms with Crippen LogP contribution in [0.4, 0.5) is 11.4 Å². The number of ether oxygens (including phenoxy) is 2. The van der Waals surface area contributed by atoms with Gasteiger partial charge in [-0.05, 0) is 55.8 Å². The van der Waals surface area contributed by atoms with Crippen molar-refractivity contribution in [1.29, 1.82) is 5.26 Å². The number of nitrogens with one attached hydrogen (secondary N) is 1. The minimum absolute atomic E-state index is 0.322. The molecule has 7 heteroatoms. The maximum atomic E-state index is 9.63. The lowest BCUT2D eigenvalue weighted by Gasteiger charge is -2.15. The summed E-state index contributed by atoms with van der Waals surface area (Å²) >= 11 is 6.46. The molecule has 0 atom stereocenters. The first-order valence-corrected chi connectivity index (χ1v) is 10.5. The highest BCUT2D eigenvalue weighted by atomic mass is 35.5. The Kier molecular flexibility index (Phi) is 6.39. The molecule has 0 radical (unpaired) electrons. The molecule has 4 aromatic rings. The number of anilines is 2. The first-order valence-electron chi connectivity index (χ1n) is 10.1. The molecular formula is C25H21ClN4O2. The average Bonchev–Trinajstić information content (AvgIpc) is 2.80. The van der Waals surface area contributed by atoms with E-state index in [0.717, 1.165) is 33.6 Å². The summed E-state index contributed by atoms with van der Waals surface area (Å²) in [6.07, 6.45) is 3.28. The smallest absolute Gasteiger partial charge is 0.138 e. The number of nitrogens with zero attached hydrogens (tertiary/aromatic N) is 3. The van der Waals surface area contributed by atoms with Gasteiger partial charge in [-0.1, -0.05) is 17.7 Å². The van der Waals surface area contributed by atoms with Crippen molar-refractivity contribution in [3.8, 4) is 17.6 Å². The molecule has 6 nitrogen and oxygen atoms in total. The fourth-order valence-electron chi connectivity index (χ4n) is 3.33. The van der Waals surface area contributed by atoms with Gasteiger partial charge in [0.25, 0.3) is 0 Å². The number of aromatic nitrogens is 2. The summed E-state index contributed by atoms with van der Waals surface area (Å²) in [4.78, 5) is 8.67. The molecule has 4 rings (SSSR count). The van der Waals surface area contributed by atoms with Gasteiger partial charge in [-0.3, -0.25) is 9.97 Å². The van der Waals surface area contributed by atoms with Crippen molar-refractivity contribution in [2.45, 2.75) is 20.5 Å². The van der Waals surface area contributed by atoms with E-state index in [2.05, 4.69) is 21.4 Å². The lowest BCUT2D eigenvalue weighted by Crippen LogP contribution is -2.00. The topological polar surface area (TPSA) is 80.1 Å². The Balaban J connectivity index is 1.63. The minimum atomic E-state index is 0.322. The Morgan fingerprint density at radius 1 is 1.06 bits per heavy atom. The van der Waals surface area contributed by atoms with Crippen molar-refractivity contribution in [2.24, 2.45) is 0 Å². The monoisotopic (exact) mass is 444 g/mol. The molecule has 2 aromatic heterocycles. The summed E-state index contributed by atoms with van der Waals surface area (Å²) in [6, 6.07) is 17.1. The zero-order valence-electron chi connectivity index (χ0n) is 17.7. The third-order valence-corrected chi connectivity index (χ3v) is 5.18. The van der Waals surface area contributed by atoms with Crippen LogP contribution in [0.25, 0.3) is 10.9 Å². The van der Waals surface area contributed by atoms with Gasteiger partial charge in [0.05, 0.1) is 34.1 Å². The number of hydrogen-bond acceptors (Lipinski definition) is 6. The van der Waals surface area contributed by atoms with E-state index >= 15 is 0 Å². The third-order valence-electron chi connectivity index (χ3n) is 4.89. The molecule has 0 aliphatic heterocycles. The molecule has 0 spiro atoms. The van der Waals surface area contributed by atoms with Gasteiger partial charge in [-0.15, -0.1) is 0 Å². The van der Waals surface area contributed by atoms with Gasteiger partial charge in [0, 0.05) is 29.5 Å². The fraction of sp³-hybridized carbons (Fsp3) is 0.160. The first-order chi connectivity index (χ1) is 15.6. The molecular weight excluding hydrogens is 424 g/mol. The molecule has 0 bridgehead atoms. The SMILES string of the molecule is CCOc1cc2ncc(C#N)c(Nc3ccc(OCc4ccccn4)c(Cl)c3)c2cc1C. The third kappa shape index (κ3) is 4.58. The number of pyridine rings is 2.